The van der Waals surface area contributed by atoms with Crippen molar-refractivity contribution in [1.82, 2.24) is 10.2 Å². The van der Waals surface area contributed by atoms with Gasteiger partial charge in [0.2, 0.25) is 0 Å². The molecule has 2 N–H and O–H groups in total. The third-order valence-electron chi connectivity index (χ3n) is 1.78. The highest BCUT2D eigenvalue weighted by atomic mass is 16.4. The van der Waals surface area contributed by atoms with Gasteiger partial charge in [-0.25, -0.2) is 4.79 Å². The molecule has 0 radical (unpaired) electrons. The van der Waals surface area contributed by atoms with Crippen molar-refractivity contribution in [2.24, 2.45) is 0 Å². The van der Waals surface area contributed by atoms with Crippen molar-refractivity contribution in [3.05, 3.63) is 0 Å². The Morgan fingerprint density at radius 2 is 1.92 bits per heavy atom. The van der Waals surface area contributed by atoms with Crippen LogP contribution in [0.2, 0.25) is 0 Å². The number of aliphatic carboxylic acids is 1. The molecule has 0 bridgehead atoms. The number of hydrogen-bond acceptors (Lipinski definition) is 2. The fraction of sp³-hybridized carbons (Fsp3) is 0.714. The number of carbonyl (C=O) groups is 2. The Labute approximate surface area is 70.4 Å². The van der Waals surface area contributed by atoms with E-state index in [0.717, 1.165) is 25.9 Å². The highest BCUT2D eigenvalue weighted by molar-refractivity contribution is 5.80. The number of carboxylic acid groups (broad SMARTS) is 1. The quantitative estimate of drug-likeness (QED) is 0.610. The molecular formula is C7H12N2O3. The first-order chi connectivity index (χ1) is 5.70. The topological polar surface area (TPSA) is 69.6 Å². The number of likely N-dealkylation sites (tertiary alicyclic amines) is 1. The molecule has 1 aliphatic heterocycles. The summed E-state index contributed by atoms with van der Waals surface area (Å²) in [5, 5.41) is 10.6. The summed E-state index contributed by atoms with van der Waals surface area (Å²) < 4.78 is 0. The Balaban J connectivity index is 2.23. The lowest BCUT2D eigenvalue weighted by Crippen LogP contribution is -2.40. The van der Waals surface area contributed by atoms with E-state index in [1.54, 1.807) is 4.90 Å². The van der Waals surface area contributed by atoms with E-state index in [2.05, 4.69) is 5.32 Å². The molecule has 5 heteroatoms. The second kappa shape index (κ2) is 3.94. The highest BCUT2D eigenvalue weighted by Crippen LogP contribution is 2.06. The molecular weight excluding hydrogens is 160 g/mol. The molecule has 2 amide bonds. The molecule has 0 atom stereocenters. The Bertz CT molecular complexity index is 187. The lowest BCUT2D eigenvalue weighted by Gasteiger charge is -2.14. The minimum atomic E-state index is -1.01. The number of carboxylic acids is 1. The largest absolute Gasteiger partial charge is 0.480 e. The Morgan fingerprint density at radius 3 is 2.42 bits per heavy atom. The summed E-state index contributed by atoms with van der Waals surface area (Å²) in [4.78, 5) is 22.8. The number of nitrogens with zero attached hydrogens (tertiary/aromatic N) is 1. The molecule has 0 saturated carbocycles. The molecule has 0 aliphatic carbocycles. The normalized spacial score (nSPS) is 16.2. The van der Waals surface area contributed by atoms with Crippen LogP contribution in [-0.4, -0.2) is 41.6 Å². The van der Waals surface area contributed by atoms with E-state index in [1.807, 2.05) is 0 Å². The average Bonchev–Trinajstić information content (AvgIpc) is 2.51. The summed E-state index contributed by atoms with van der Waals surface area (Å²) >= 11 is 0. The van der Waals surface area contributed by atoms with Crippen molar-refractivity contribution in [2.75, 3.05) is 19.6 Å². The van der Waals surface area contributed by atoms with Gasteiger partial charge in [0.25, 0.3) is 0 Å². The second-order valence-electron chi connectivity index (χ2n) is 2.75. The Kier molecular flexibility index (Phi) is 2.90. The van der Waals surface area contributed by atoms with E-state index >= 15 is 0 Å². The van der Waals surface area contributed by atoms with Gasteiger partial charge >= 0.3 is 12.0 Å². The zero-order chi connectivity index (χ0) is 8.97. The first kappa shape index (κ1) is 8.83. The number of urea groups is 1. The summed E-state index contributed by atoms with van der Waals surface area (Å²) in [7, 11) is 0. The van der Waals surface area contributed by atoms with Gasteiger partial charge in [0.1, 0.15) is 6.54 Å². The second-order valence-corrected chi connectivity index (χ2v) is 2.75. The van der Waals surface area contributed by atoms with Crippen LogP contribution in [0.5, 0.6) is 0 Å². The van der Waals surface area contributed by atoms with Gasteiger partial charge in [-0.05, 0) is 12.8 Å². The summed E-state index contributed by atoms with van der Waals surface area (Å²) in [6, 6.07) is -0.269. The predicted octanol–water partition coefficient (Wildman–Crippen LogP) is -0.124. The predicted molar refractivity (Wildman–Crippen MR) is 41.8 cm³/mol. The van der Waals surface area contributed by atoms with Gasteiger partial charge in [-0.3, -0.25) is 4.79 Å². The SMILES string of the molecule is O=C(O)CNC(=O)N1CCCC1. The molecule has 1 heterocycles. The molecule has 1 aliphatic rings. The molecule has 0 aromatic carbocycles. The zero-order valence-corrected chi connectivity index (χ0v) is 6.75. The molecule has 12 heavy (non-hydrogen) atoms. The molecule has 0 spiro atoms. The van der Waals surface area contributed by atoms with Gasteiger partial charge in [-0.2, -0.15) is 0 Å². The smallest absolute Gasteiger partial charge is 0.323 e. The summed E-state index contributed by atoms with van der Waals surface area (Å²) in [6.45, 7) is 1.19. The highest BCUT2D eigenvalue weighted by Gasteiger charge is 2.17. The fourth-order valence-corrected chi connectivity index (χ4v) is 1.18. The molecule has 1 saturated heterocycles. The van der Waals surface area contributed by atoms with Crippen LogP contribution < -0.4 is 5.32 Å². The maximum Gasteiger partial charge on any atom is 0.323 e. The monoisotopic (exact) mass is 172 g/mol. The van der Waals surface area contributed by atoms with Gasteiger partial charge in [0.05, 0.1) is 0 Å². The standard InChI is InChI=1S/C7H12N2O3/c10-6(11)5-8-7(12)9-3-1-2-4-9/h1-5H2,(H,8,12)(H,10,11). The molecule has 0 aromatic rings. The van der Waals surface area contributed by atoms with E-state index in [1.165, 1.54) is 0 Å². The molecule has 5 nitrogen and oxygen atoms in total. The van der Waals surface area contributed by atoms with Crippen LogP contribution in [0.3, 0.4) is 0 Å². The van der Waals surface area contributed by atoms with Crippen molar-refractivity contribution in [1.29, 1.82) is 0 Å². The van der Waals surface area contributed by atoms with Gasteiger partial charge in [-0.15, -0.1) is 0 Å². The van der Waals surface area contributed by atoms with E-state index in [4.69, 9.17) is 5.11 Å². The van der Waals surface area contributed by atoms with Crippen LogP contribution >= 0.6 is 0 Å². The van der Waals surface area contributed by atoms with Crippen LogP contribution in [0.4, 0.5) is 4.79 Å². The summed E-state index contributed by atoms with van der Waals surface area (Å²) in [5.41, 5.74) is 0. The van der Waals surface area contributed by atoms with Crippen molar-refractivity contribution in [3.8, 4) is 0 Å². The third kappa shape index (κ3) is 2.41. The van der Waals surface area contributed by atoms with E-state index in [0.29, 0.717) is 0 Å². The van der Waals surface area contributed by atoms with Crippen LogP contribution in [0, 0.1) is 0 Å². The number of carbonyl (C=O) groups excluding carboxylic acids is 1. The Morgan fingerprint density at radius 1 is 1.33 bits per heavy atom. The number of amides is 2. The summed E-state index contributed by atoms with van der Waals surface area (Å²) in [6.07, 6.45) is 2.03. The lowest BCUT2D eigenvalue weighted by atomic mass is 10.4. The van der Waals surface area contributed by atoms with Crippen molar-refractivity contribution in [3.63, 3.8) is 0 Å². The minimum absolute atomic E-state index is 0.269. The van der Waals surface area contributed by atoms with Crippen LogP contribution in [0.25, 0.3) is 0 Å². The average molecular weight is 172 g/mol. The van der Waals surface area contributed by atoms with Gasteiger partial charge < -0.3 is 15.3 Å². The van der Waals surface area contributed by atoms with Crippen molar-refractivity contribution < 1.29 is 14.7 Å². The zero-order valence-electron chi connectivity index (χ0n) is 6.75. The van der Waals surface area contributed by atoms with E-state index < -0.39 is 5.97 Å². The first-order valence-electron chi connectivity index (χ1n) is 3.95. The van der Waals surface area contributed by atoms with Crippen LogP contribution in [-0.2, 0) is 4.79 Å². The molecule has 0 unspecified atom stereocenters. The maximum absolute atomic E-state index is 11.1. The summed E-state index contributed by atoms with van der Waals surface area (Å²) in [5.74, 6) is -1.01. The van der Waals surface area contributed by atoms with E-state index in [9.17, 15) is 9.59 Å². The van der Waals surface area contributed by atoms with Gasteiger partial charge in [0, 0.05) is 13.1 Å². The van der Waals surface area contributed by atoms with Crippen molar-refractivity contribution >= 4 is 12.0 Å². The molecule has 68 valence electrons. The fourth-order valence-electron chi connectivity index (χ4n) is 1.18. The van der Waals surface area contributed by atoms with Crippen LogP contribution in [0.15, 0.2) is 0 Å². The maximum atomic E-state index is 11.1. The minimum Gasteiger partial charge on any atom is -0.480 e. The number of rotatable bonds is 2. The number of hydrogen-bond donors (Lipinski definition) is 2. The molecule has 0 aromatic heterocycles. The molecule has 1 fully saturated rings. The lowest BCUT2D eigenvalue weighted by molar-refractivity contribution is -0.135. The Hall–Kier alpha value is -1.26. The van der Waals surface area contributed by atoms with E-state index in [-0.39, 0.29) is 12.6 Å². The molecule has 1 rings (SSSR count). The third-order valence-corrected chi connectivity index (χ3v) is 1.78. The first-order valence-corrected chi connectivity index (χ1v) is 3.95. The van der Waals surface area contributed by atoms with Gasteiger partial charge in [-0.1, -0.05) is 0 Å². The van der Waals surface area contributed by atoms with Crippen molar-refractivity contribution in [2.45, 2.75) is 12.8 Å². The van der Waals surface area contributed by atoms with Crippen LogP contribution in [0.1, 0.15) is 12.8 Å². The number of nitrogens with one attached hydrogen (secondary N) is 1. The van der Waals surface area contributed by atoms with Gasteiger partial charge in [0.15, 0.2) is 0 Å².